The van der Waals surface area contributed by atoms with E-state index in [0.717, 1.165) is 27.4 Å². The zero-order valence-electron chi connectivity index (χ0n) is 14.2. The molecule has 1 unspecified atom stereocenters. The van der Waals surface area contributed by atoms with Gasteiger partial charge in [-0.1, -0.05) is 46.3 Å². The molecule has 2 aromatic carbocycles. The van der Waals surface area contributed by atoms with Crippen molar-refractivity contribution in [1.29, 1.82) is 0 Å². The first-order valence-electron chi connectivity index (χ1n) is 8.13. The zero-order chi connectivity index (χ0) is 17.8. The number of halogens is 1. The molecule has 0 spiro atoms. The van der Waals surface area contributed by atoms with Crippen LogP contribution in [-0.2, 0) is 17.8 Å². The lowest BCUT2D eigenvalue weighted by Gasteiger charge is -2.13. The molecule has 0 aliphatic carbocycles. The van der Waals surface area contributed by atoms with Crippen molar-refractivity contribution in [2.45, 2.75) is 26.0 Å². The Morgan fingerprint density at radius 1 is 1.20 bits per heavy atom. The summed E-state index contributed by atoms with van der Waals surface area (Å²) in [4.78, 5) is 12.7. The third-order valence-corrected chi connectivity index (χ3v) is 4.55. The van der Waals surface area contributed by atoms with Crippen LogP contribution in [0, 0.1) is 0 Å². The third kappa shape index (κ3) is 4.11. The van der Waals surface area contributed by atoms with Crippen LogP contribution in [0.3, 0.4) is 0 Å². The van der Waals surface area contributed by atoms with Gasteiger partial charge in [0, 0.05) is 28.6 Å². The fourth-order valence-electron chi connectivity index (χ4n) is 2.88. The van der Waals surface area contributed by atoms with Gasteiger partial charge in [-0.15, -0.1) is 0 Å². The number of rotatable bonds is 6. The molecule has 5 heteroatoms. The lowest BCUT2D eigenvalue weighted by atomic mass is 10.1. The van der Waals surface area contributed by atoms with Gasteiger partial charge in [0.2, 0.25) is 0 Å². The minimum absolute atomic E-state index is 0.0164. The fraction of sp³-hybridized carbons (Fsp3) is 0.250. The van der Waals surface area contributed by atoms with Crippen molar-refractivity contribution in [3.8, 4) is 0 Å². The monoisotopic (exact) mass is 401 g/mol. The number of carbonyl (C=O) groups is 1. The van der Waals surface area contributed by atoms with E-state index in [1.165, 1.54) is 0 Å². The van der Waals surface area contributed by atoms with E-state index in [1.807, 2.05) is 55.5 Å². The normalized spacial score (nSPS) is 12.3. The summed E-state index contributed by atoms with van der Waals surface area (Å²) in [7, 11) is 1.61. The van der Waals surface area contributed by atoms with Gasteiger partial charge >= 0.3 is 0 Å². The van der Waals surface area contributed by atoms with Gasteiger partial charge in [-0.3, -0.25) is 4.79 Å². The Labute approximate surface area is 155 Å². The van der Waals surface area contributed by atoms with Gasteiger partial charge in [0.25, 0.3) is 5.91 Å². The molecule has 3 rings (SSSR count). The number of furan rings is 1. The molecule has 1 aromatic heterocycles. The lowest BCUT2D eigenvalue weighted by Crippen LogP contribution is -2.34. The molecule has 3 aromatic rings. The molecule has 0 aliphatic rings. The Hall–Kier alpha value is -2.11. The Balaban J connectivity index is 1.77. The molecule has 0 radical (unpaired) electrons. The molecule has 0 fully saturated rings. The molecule has 0 saturated carbocycles. The van der Waals surface area contributed by atoms with Crippen LogP contribution in [0.15, 0.2) is 57.4 Å². The predicted octanol–water partition coefficient (Wildman–Crippen LogP) is 4.70. The fourth-order valence-corrected chi connectivity index (χ4v) is 3.15. The van der Waals surface area contributed by atoms with Gasteiger partial charge in [0.05, 0.1) is 6.61 Å². The number of para-hydroxylation sites is 1. The van der Waals surface area contributed by atoms with Crippen LogP contribution < -0.4 is 5.32 Å². The number of carbonyl (C=O) groups excluding carboxylic acids is 1. The van der Waals surface area contributed by atoms with Crippen molar-refractivity contribution in [3.05, 3.63) is 69.9 Å². The molecule has 1 atom stereocenters. The first-order chi connectivity index (χ1) is 12.1. The van der Waals surface area contributed by atoms with E-state index < -0.39 is 0 Å². The Bertz CT molecular complexity index is 870. The third-order valence-electron chi connectivity index (χ3n) is 4.03. The van der Waals surface area contributed by atoms with E-state index in [2.05, 4.69) is 21.2 Å². The van der Waals surface area contributed by atoms with Gasteiger partial charge < -0.3 is 14.5 Å². The van der Waals surface area contributed by atoms with E-state index in [-0.39, 0.29) is 11.9 Å². The number of hydrogen-bond acceptors (Lipinski definition) is 3. The number of methoxy groups -OCH3 is 1. The van der Waals surface area contributed by atoms with Gasteiger partial charge in [-0.2, -0.15) is 0 Å². The highest BCUT2D eigenvalue weighted by atomic mass is 79.9. The SMILES string of the molecule is COCc1c(C(=O)NC(C)Cc2ccc(Br)cc2)oc2ccccc12. The van der Waals surface area contributed by atoms with Crippen LogP contribution in [0.4, 0.5) is 0 Å². The van der Waals surface area contributed by atoms with Crippen LogP contribution in [0.2, 0.25) is 0 Å². The summed E-state index contributed by atoms with van der Waals surface area (Å²) in [5, 5.41) is 3.93. The molecular formula is C20H20BrNO3. The average molecular weight is 402 g/mol. The van der Waals surface area contributed by atoms with Gasteiger partial charge in [-0.05, 0) is 37.1 Å². The standard InChI is InChI=1S/C20H20BrNO3/c1-13(11-14-7-9-15(21)10-8-14)22-20(23)19-17(12-24-2)16-5-3-4-6-18(16)25-19/h3-10,13H,11-12H2,1-2H3,(H,22,23). The van der Waals surface area contributed by atoms with E-state index in [9.17, 15) is 4.79 Å². The van der Waals surface area contributed by atoms with Crippen LogP contribution in [-0.4, -0.2) is 19.1 Å². The number of fused-ring (bicyclic) bond motifs is 1. The Kier molecular flexibility index (Phi) is 5.56. The molecule has 1 amide bonds. The molecule has 25 heavy (non-hydrogen) atoms. The van der Waals surface area contributed by atoms with Crippen molar-refractivity contribution < 1.29 is 13.9 Å². The maximum Gasteiger partial charge on any atom is 0.287 e. The summed E-state index contributed by atoms with van der Waals surface area (Å²) in [6.07, 6.45) is 0.749. The minimum Gasteiger partial charge on any atom is -0.451 e. The van der Waals surface area contributed by atoms with E-state index in [0.29, 0.717) is 18.0 Å². The first-order valence-corrected chi connectivity index (χ1v) is 8.92. The molecule has 0 saturated heterocycles. The van der Waals surface area contributed by atoms with Crippen LogP contribution in [0.25, 0.3) is 11.0 Å². The number of nitrogens with one attached hydrogen (secondary N) is 1. The van der Waals surface area contributed by atoms with Crippen molar-refractivity contribution in [2.75, 3.05) is 7.11 Å². The molecule has 0 aliphatic heterocycles. The van der Waals surface area contributed by atoms with Crippen LogP contribution in [0.1, 0.15) is 28.6 Å². The number of amides is 1. The second-order valence-electron chi connectivity index (χ2n) is 6.04. The van der Waals surface area contributed by atoms with Gasteiger partial charge in [0.15, 0.2) is 5.76 Å². The highest BCUT2D eigenvalue weighted by Gasteiger charge is 2.21. The summed E-state index contributed by atoms with van der Waals surface area (Å²) in [6.45, 7) is 2.32. The van der Waals surface area contributed by atoms with Crippen molar-refractivity contribution in [1.82, 2.24) is 5.32 Å². The summed E-state index contributed by atoms with van der Waals surface area (Å²) >= 11 is 3.43. The summed E-state index contributed by atoms with van der Waals surface area (Å²) in [5.74, 6) is 0.110. The topological polar surface area (TPSA) is 51.5 Å². The Morgan fingerprint density at radius 2 is 1.92 bits per heavy atom. The number of ether oxygens (including phenoxy) is 1. The van der Waals surface area contributed by atoms with E-state index in [4.69, 9.17) is 9.15 Å². The second kappa shape index (κ2) is 7.85. The second-order valence-corrected chi connectivity index (χ2v) is 6.96. The highest BCUT2D eigenvalue weighted by Crippen LogP contribution is 2.26. The smallest absolute Gasteiger partial charge is 0.287 e. The zero-order valence-corrected chi connectivity index (χ0v) is 15.8. The molecule has 4 nitrogen and oxygen atoms in total. The molecule has 1 heterocycles. The number of benzene rings is 2. The molecular weight excluding hydrogens is 382 g/mol. The summed E-state index contributed by atoms with van der Waals surface area (Å²) in [6, 6.07) is 15.7. The molecule has 0 bridgehead atoms. The molecule has 130 valence electrons. The highest BCUT2D eigenvalue weighted by molar-refractivity contribution is 9.10. The predicted molar refractivity (Wildman–Crippen MR) is 102 cm³/mol. The summed E-state index contributed by atoms with van der Waals surface area (Å²) in [5.41, 5.74) is 2.64. The minimum atomic E-state index is -0.215. The average Bonchev–Trinajstić information content (AvgIpc) is 2.96. The van der Waals surface area contributed by atoms with Crippen LogP contribution in [0.5, 0.6) is 0 Å². The van der Waals surface area contributed by atoms with E-state index >= 15 is 0 Å². The van der Waals surface area contributed by atoms with Gasteiger partial charge in [0.1, 0.15) is 5.58 Å². The van der Waals surface area contributed by atoms with Crippen molar-refractivity contribution in [3.63, 3.8) is 0 Å². The van der Waals surface area contributed by atoms with Crippen molar-refractivity contribution in [2.24, 2.45) is 0 Å². The maximum absolute atomic E-state index is 12.7. The van der Waals surface area contributed by atoms with Crippen LogP contribution >= 0.6 is 15.9 Å². The number of hydrogen-bond donors (Lipinski definition) is 1. The maximum atomic E-state index is 12.7. The first kappa shape index (κ1) is 17.7. The summed E-state index contributed by atoms with van der Waals surface area (Å²) < 4.78 is 12.1. The van der Waals surface area contributed by atoms with E-state index in [1.54, 1.807) is 7.11 Å². The quantitative estimate of drug-likeness (QED) is 0.650. The largest absolute Gasteiger partial charge is 0.451 e. The van der Waals surface area contributed by atoms with Gasteiger partial charge in [-0.25, -0.2) is 0 Å². The lowest BCUT2D eigenvalue weighted by molar-refractivity contribution is 0.0907. The molecule has 1 N–H and O–H groups in total. The van der Waals surface area contributed by atoms with Crippen molar-refractivity contribution >= 4 is 32.8 Å². The Morgan fingerprint density at radius 3 is 2.64 bits per heavy atom.